The van der Waals surface area contributed by atoms with Crippen LogP contribution >= 0.6 is 23.2 Å². The van der Waals surface area contributed by atoms with Gasteiger partial charge in [0.15, 0.2) is 17.0 Å². The first kappa shape index (κ1) is 26.7. The second kappa shape index (κ2) is 10.9. The lowest BCUT2D eigenvalue weighted by Gasteiger charge is -2.21. The van der Waals surface area contributed by atoms with Crippen LogP contribution in [0, 0.1) is 5.92 Å². The predicted molar refractivity (Wildman–Crippen MR) is 147 cm³/mol. The van der Waals surface area contributed by atoms with E-state index in [1.807, 2.05) is 34.9 Å². The minimum Gasteiger partial charge on any atom is -0.494 e. The number of benzene rings is 2. The summed E-state index contributed by atoms with van der Waals surface area (Å²) in [6, 6.07) is 13.0. The van der Waals surface area contributed by atoms with Crippen LogP contribution in [0.15, 0.2) is 48.8 Å². The van der Waals surface area contributed by atoms with Gasteiger partial charge in [0, 0.05) is 16.1 Å². The van der Waals surface area contributed by atoms with Crippen molar-refractivity contribution >= 4 is 46.2 Å². The largest absolute Gasteiger partial charge is 0.494 e. The number of hydrogen-bond acceptors (Lipinski definition) is 6. The maximum atomic E-state index is 11.0. The van der Waals surface area contributed by atoms with E-state index in [4.69, 9.17) is 38.0 Å². The lowest BCUT2D eigenvalue weighted by atomic mass is 10.1. The summed E-state index contributed by atoms with van der Waals surface area (Å²) in [5.41, 5.74) is 2.76. The van der Waals surface area contributed by atoms with Gasteiger partial charge in [-0.3, -0.25) is 4.79 Å². The number of ether oxygens (including phenoxy) is 1. The van der Waals surface area contributed by atoms with E-state index in [1.54, 1.807) is 19.1 Å². The molecule has 2 heterocycles. The van der Waals surface area contributed by atoms with Crippen molar-refractivity contribution in [2.24, 2.45) is 5.92 Å². The third kappa shape index (κ3) is 6.50. The standard InChI is InChI=1S/C27H29Cl2N5O3/c1-16(26(35)36)10-11-37-19-8-9-20(21(29)13-19)24-32-22-23(33-27(2,3)4)30-15-31-25(22)34(24)14-17-6-5-7-18(28)12-17/h5-9,12-13,15-16H,10-11,14H2,1-4H3,(H,35,36)(H,30,31,33). The fourth-order valence-corrected chi connectivity index (χ4v) is 4.27. The Morgan fingerprint density at radius 3 is 2.62 bits per heavy atom. The van der Waals surface area contributed by atoms with E-state index < -0.39 is 11.9 Å². The van der Waals surface area contributed by atoms with Gasteiger partial charge in [-0.25, -0.2) is 15.0 Å². The SMILES string of the molecule is CC(CCOc1ccc(-c2nc3c(NC(C)(C)C)ncnc3n2Cc2cccc(Cl)c2)c(Cl)c1)C(=O)O. The Hall–Kier alpha value is -3.36. The van der Waals surface area contributed by atoms with E-state index in [0.717, 1.165) is 5.56 Å². The first-order chi connectivity index (χ1) is 17.5. The highest BCUT2D eigenvalue weighted by Gasteiger charge is 2.22. The van der Waals surface area contributed by atoms with E-state index in [-0.39, 0.29) is 12.1 Å². The molecule has 0 fully saturated rings. The van der Waals surface area contributed by atoms with Gasteiger partial charge in [-0.15, -0.1) is 0 Å². The van der Waals surface area contributed by atoms with Crippen LogP contribution in [-0.4, -0.2) is 42.7 Å². The summed E-state index contributed by atoms with van der Waals surface area (Å²) < 4.78 is 7.74. The quantitative estimate of drug-likeness (QED) is 0.247. The maximum Gasteiger partial charge on any atom is 0.306 e. The van der Waals surface area contributed by atoms with Crippen molar-refractivity contribution in [1.82, 2.24) is 19.5 Å². The monoisotopic (exact) mass is 541 g/mol. The molecule has 37 heavy (non-hydrogen) atoms. The zero-order valence-electron chi connectivity index (χ0n) is 21.1. The molecule has 0 aliphatic carbocycles. The molecular formula is C27H29Cl2N5O3. The van der Waals surface area contributed by atoms with Gasteiger partial charge in [-0.2, -0.15) is 0 Å². The lowest BCUT2D eigenvalue weighted by Crippen LogP contribution is -2.26. The maximum absolute atomic E-state index is 11.0. The molecule has 2 N–H and O–H groups in total. The van der Waals surface area contributed by atoms with Gasteiger partial charge in [-0.1, -0.05) is 42.3 Å². The number of carbonyl (C=O) groups is 1. The Kier molecular flexibility index (Phi) is 7.90. The van der Waals surface area contributed by atoms with Crippen molar-refractivity contribution in [3.8, 4) is 17.1 Å². The first-order valence-corrected chi connectivity index (χ1v) is 12.7. The number of imidazole rings is 1. The van der Waals surface area contributed by atoms with E-state index in [1.165, 1.54) is 6.33 Å². The van der Waals surface area contributed by atoms with Crippen LogP contribution in [0.4, 0.5) is 5.82 Å². The zero-order chi connectivity index (χ0) is 26.7. The molecule has 1 unspecified atom stereocenters. The van der Waals surface area contributed by atoms with Crippen LogP contribution in [0.5, 0.6) is 5.75 Å². The average molecular weight is 542 g/mol. The van der Waals surface area contributed by atoms with Crippen LogP contribution in [0.3, 0.4) is 0 Å². The highest BCUT2D eigenvalue weighted by atomic mass is 35.5. The topological polar surface area (TPSA) is 102 Å². The molecule has 0 aliphatic rings. The summed E-state index contributed by atoms with van der Waals surface area (Å²) in [6.07, 6.45) is 1.92. The van der Waals surface area contributed by atoms with E-state index in [9.17, 15) is 4.79 Å². The van der Waals surface area contributed by atoms with Gasteiger partial charge in [-0.05, 0) is 63.1 Å². The van der Waals surface area contributed by atoms with Crippen LogP contribution in [0.1, 0.15) is 39.7 Å². The van der Waals surface area contributed by atoms with Gasteiger partial charge >= 0.3 is 5.97 Å². The number of rotatable bonds is 9. The van der Waals surface area contributed by atoms with Crippen LogP contribution in [0.25, 0.3) is 22.6 Å². The third-order valence-electron chi connectivity index (χ3n) is 5.68. The summed E-state index contributed by atoms with van der Waals surface area (Å²) in [6.45, 7) is 8.55. The fourth-order valence-electron chi connectivity index (χ4n) is 3.80. The van der Waals surface area contributed by atoms with Gasteiger partial charge in [0.1, 0.15) is 17.9 Å². The molecule has 2 aromatic heterocycles. The van der Waals surface area contributed by atoms with Gasteiger partial charge in [0.05, 0.1) is 24.1 Å². The molecule has 4 aromatic rings. The number of aliphatic carboxylic acids is 1. The summed E-state index contributed by atoms with van der Waals surface area (Å²) in [5, 5.41) is 13.6. The molecule has 10 heteroatoms. The molecule has 0 radical (unpaired) electrons. The molecule has 0 amide bonds. The van der Waals surface area contributed by atoms with Gasteiger partial charge in [0.2, 0.25) is 0 Å². The van der Waals surface area contributed by atoms with Gasteiger partial charge in [0.25, 0.3) is 0 Å². The number of anilines is 1. The number of halogens is 2. The highest BCUT2D eigenvalue weighted by Crippen LogP contribution is 2.35. The van der Waals surface area contributed by atoms with Crippen molar-refractivity contribution in [3.05, 3.63) is 64.4 Å². The van der Waals surface area contributed by atoms with E-state index >= 15 is 0 Å². The fraction of sp³-hybridized carbons (Fsp3) is 0.333. The number of carboxylic acid groups (broad SMARTS) is 1. The summed E-state index contributed by atoms with van der Waals surface area (Å²) in [4.78, 5) is 25.0. The average Bonchev–Trinajstić information content (AvgIpc) is 3.17. The van der Waals surface area contributed by atoms with Crippen molar-refractivity contribution in [1.29, 1.82) is 0 Å². The minimum atomic E-state index is -0.848. The molecule has 2 aromatic carbocycles. The second-order valence-electron chi connectivity index (χ2n) is 9.94. The summed E-state index contributed by atoms with van der Waals surface area (Å²) in [5.74, 6) is 0.478. The Balaban J connectivity index is 1.75. The molecule has 0 saturated carbocycles. The molecular weight excluding hydrogens is 513 g/mol. The lowest BCUT2D eigenvalue weighted by molar-refractivity contribution is -0.141. The highest BCUT2D eigenvalue weighted by molar-refractivity contribution is 6.33. The smallest absolute Gasteiger partial charge is 0.306 e. The molecule has 1 atom stereocenters. The summed E-state index contributed by atoms with van der Waals surface area (Å²) in [7, 11) is 0. The van der Waals surface area contributed by atoms with Crippen molar-refractivity contribution in [3.63, 3.8) is 0 Å². The summed E-state index contributed by atoms with van der Waals surface area (Å²) >= 11 is 13.0. The number of carboxylic acids is 1. The Labute approximate surface area is 225 Å². The van der Waals surface area contributed by atoms with Crippen LogP contribution in [-0.2, 0) is 11.3 Å². The molecule has 0 spiro atoms. The molecule has 0 bridgehead atoms. The van der Waals surface area contributed by atoms with Crippen LogP contribution < -0.4 is 10.1 Å². The Bertz CT molecular complexity index is 1430. The van der Waals surface area contributed by atoms with Crippen molar-refractivity contribution < 1.29 is 14.6 Å². The zero-order valence-corrected chi connectivity index (χ0v) is 22.6. The number of hydrogen-bond donors (Lipinski definition) is 2. The molecule has 194 valence electrons. The number of nitrogens with one attached hydrogen (secondary N) is 1. The predicted octanol–water partition coefficient (Wildman–Crippen LogP) is 6.55. The molecule has 4 rings (SSSR count). The molecule has 0 saturated heterocycles. The first-order valence-electron chi connectivity index (χ1n) is 11.9. The normalized spacial score (nSPS) is 12.5. The Morgan fingerprint density at radius 1 is 1.16 bits per heavy atom. The van der Waals surface area contributed by atoms with Gasteiger partial charge < -0.3 is 19.7 Å². The van der Waals surface area contributed by atoms with Crippen molar-refractivity contribution in [2.75, 3.05) is 11.9 Å². The molecule has 8 nitrogen and oxygen atoms in total. The number of aromatic nitrogens is 4. The number of nitrogens with zero attached hydrogens (tertiary/aromatic N) is 4. The third-order valence-corrected chi connectivity index (χ3v) is 6.23. The number of fused-ring (bicyclic) bond motifs is 1. The van der Waals surface area contributed by atoms with E-state index in [0.29, 0.717) is 57.1 Å². The van der Waals surface area contributed by atoms with Crippen molar-refractivity contribution in [2.45, 2.75) is 46.2 Å². The second-order valence-corrected chi connectivity index (χ2v) is 10.8. The molecule has 0 aliphatic heterocycles. The van der Waals surface area contributed by atoms with E-state index in [2.05, 4.69) is 36.1 Å². The Morgan fingerprint density at radius 2 is 1.95 bits per heavy atom. The van der Waals surface area contributed by atoms with Crippen LogP contribution in [0.2, 0.25) is 10.0 Å². The minimum absolute atomic E-state index is 0.229.